The number of hydrogen-bond acceptors (Lipinski definition) is 8. The van der Waals surface area contributed by atoms with Gasteiger partial charge in [0.05, 0.1) is 19.1 Å². The van der Waals surface area contributed by atoms with E-state index in [0.29, 0.717) is 43.6 Å². The average Bonchev–Trinajstić information content (AvgIpc) is 3.43. The minimum Gasteiger partial charge on any atom is -0.491 e. The number of carbonyl (C=O) groups is 1. The van der Waals surface area contributed by atoms with Crippen LogP contribution in [-0.4, -0.2) is 64.9 Å². The third-order valence-electron chi connectivity index (χ3n) is 7.10. The van der Waals surface area contributed by atoms with Gasteiger partial charge in [0, 0.05) is 50.6 Å². The molecule has 0 unspecified atom stereocenters. The number of amides is 1. The normalized spacial score (nSPS) is 16.1. The fraction of sp³-hybridized carbons (Fsp3) is 0.500. The van der Waals surface area contributed by atoms with Gasteiger partial charge in [-0.3, -0.25) is 9.78 Å². The van der Waals surface area contributed by atoms with Crippen LogP contribution in [0.1, 0.15) is 55.1 Å². The van der Waals surface area contributed by atoms with Gasteiger partial charge in [-0.1, -0.05) is 25.1 Å². The Kier molecular flexibility index (Phi) is 8.17. The van der Waals surface area contributed by atoms with E-state index < -0.39 is 5.82 Å². The van der Waals surface area contributed by atoms with Gasteiger partial charge >= 0.3 is 6.01 Å². The standard InChI is InChI=1S/C28H34FN5O4/c1-19(2)27-31-28(38-32-27)33-11-7-23(8-12-33)36-13-14-37-24-4-3-20(25(29)16-24)15-26(35)34-10-6-21-17-30-9-5-22(21)18-34/h3-5,9,16-17,19,23H,6-8,10-15,18H2,1-2H3. The molecule has 0 atom stereocenters. The van der Waals surface area contributed by atoms with E-state index in [1.807, 2.05) is 26.1 Å². The summed E-state index contributed by atoms with van der Waals surface area (Å²) in [5.41, 5.74) is 2.64. The van der Waals surface area contributed by atoms with Crippen molar-refractivity contribution in [3.63, 3.8) is 0 Å². The molecule has 0 spiro atoms. The summed E-state index contributed by atoms with van der Waals surface area (Å²) in [5, 5.41) is 4.03. The molecule has 2 aromatic heterocycles. The number of ether oxygens (including phenoxy) is 2. The van der Waals surface area contributed by atoms with Gasteiger partial charge in [0.15, 0.2) is 5.82 Å². The van der Waals surface area contributed by atoms with E-state index in [1.54, 1.807) is 23.2 Å². The highest BCUT2D eigenvalue weighted by Crippen LogP contribution is 2.23. The van der Waals surface area contributed by atoms with Gasteiger partial charge in [-0.25, -0.2) is 4.39 Å². The summed E-state index contributed by atoms with van der Waals surface area (Å²) >= 11 is 0. The van der Waals surface area contributed by atoms with Crippen LogP contribution >= 0.6 is 0 Å². The SMILES string of the molecule is CC(C)c1noc(N2CCC(OCCOc3ccc(CC(=O)N4CCc5cnccc5C4)c(F)c3)CC2)n1. The number of rotatable bonds is 9. The Hall–Kier alpha value is -3.53. The second kappa shape index (κ2) is 11.9. The maximum atomic E-state index is 14.7. The maximum absolute atomic E-state index is 14.7. The minimum absolute atomic E-state index is 0.0245. The Morgan fingerprint density at radius 1 is 1.16 bits per heavy atom. The van der Waals surface area contributed by atoms with Crippen molar-refractivity contribution in [1.29, 1.82) is 0 Å². The minimum atomic E-state index is -0.438. The smallest absolute Gasteiger partial charge is 0.324 e. The Balaban J connectivity index is 1.02. The molecule has 1 amide bonds. The van der Waals surface area contributed by atoms with Crippen molar-refractivity contribution in [3.05, 3.63) is 65.0 Å². The number of carbonyl (C=O) groups excluding carboxylic acids is 1. The molecule has 0 radical (unpaired) electrons. The number of pyridine rings is 1. The molecular formula is C28H34FN5O4. The monoisotopic (exact) mass is 523 g/mol. The predicted octanol–water partition coefficient (Wildman–Crippen LogP) is 3.92. The van der Waals surface area contributed by atoms with Crippen molar-refractivity contribution in [3.8, 4) is 5.75 Å². The summed E-state index contributed by atoms with van der Waals surface area (Å²) in [6.07, 6.45) is 6.22. The first-order valence-electron chi connectivity index (χ1n) is 13.3. The van der Waals surface area contributed by atoms with Crippen LogP contribution in [0.4, 0.5) is 10.4 Å². The van der Waals surface area contributed by atoms with Crippen molar-refractivity contribution in [2.75, 3.05) is 37.7 Å². The highest BCUT2D eigenvalue weighted by molar-refractivity contribution is 5.79. The molecule has 0 aliphatic carbocycles. The number of hydrogen-bond donors (Lipinski definition) is 0. The topological polar surface area (TPSA) is 93.8 Å². The van der Waals surface area contributed by atoms with E-state index in [0.717, 1.165) is 43.7 Å². The van der Waals surface area contributed by atoms with E-state index in [1.165, 1.54) is 11.6 Å². The van der Waals surface area contributed by atoms with Crippen molar-refractivity contribution in [1.82, 2.24) is 20.0 Å². The molecule has 2 aliphatic rings. The van der Waals surface area contributed by atoms with Crippen molar-refractivity contribution in [2.45, 2.75) is 58.1 Å². The lowest BCUT2D eigenvalue weighted by atomic mass is 10.0. The summed E-state index contributed by atoms with van der Waals surface area (Å²) in [5.74, 6) is 0.856. The number of anilines is 1. The molecule has 1 saturated heterocycles. The van der Waals surface area contributed by atoms with Crippen molar-refractivity contribution in [2.24, 2.45) is 0 Å². The van der Waals surface area contributed by atoms with Crippen LogP contribution in [0.25, 0.3) is 0 Å². The predicted molar refractivity (Wildman–Crippen MR) is 139 cm³/mol. The molecule has 5 rings (SSSR count). The first kappa shape index (κ1) is 26.1. The molecule has 0 N–H and O–H groups in total. The van der Waals surface area contributed by atoms with Crippen LogP contribution in [0, 0.1) is 5.82 Å². The van der Waals surface area contributed by atoms with Crippen molar-refractivity contribution < 1.29 is 23.2 Å². The molecule has 3 aromatic rings. The first-order valence-corrected chi connectivity index (χ1v) is 13.3. The Morgan fingerprint density at radius 2 is 2.00 bits per heavy atom. The van der Waals surface area contributed by atoms with Gasteiger partial charge in [-0.15, -0.1) is 0 Å². The maximum Gasteiger partial charge on any atom is 0.324 e. The summed E-state index contributed by atoms with van der Waals surface area (Å²) in [6, 6.07) is 7.18. The number of fused-ring (bicyclic) bond motifs is 1. The summed E-state index contributed by atoms with van der Waals surface area (Å²) in [4.78, 5) is 25.3. The third-order valence-corrected chi connectivity index (χ3v) is 7.10. The summed E-state index contributed by atoms with van der Waals surface area (Å²) in [6.45, 7) is 7.54. The molecule has 4 heterocycles. The summed E-state index contributed by atoms with van der Waals surface area (Å²) in [7, 11) is 0. The van der Waals surface area contributed by atoms with E-state index in [-0.39, 0.29) is 24.3 Å². The Labute approximate surface area is 221 Å². The molecule has 202 valence electrons. The molecule has 1 fully saturated rings. The molecule has 0 saturated carbocycles. The van der Waals surface area contributed by atoms with Crippen LogP contribution in [0.15, 0.2) is 41.2 Å². The van der Waals surface area contributed by atoms with Crippen molar-refractivity contribution >= 4 is 11.9 Å². The van der Waals surface area contributed by atoms with E-state index in [4.69, 9.17) is 14.0 Å². The first-order chi connectivity index (χ1) is 18.5. The molecule has 38 heavy (non-hydrogen) atoms. The van der Waals surface area contributed by atoms with Gasteiger partial charge in [-0.05, 0) is 48.1 Å². The Bertz CT molecular complexity index is 1240. The van der Waals surface area contributed by atoms with Crippen LogP contribution in [0.5, 0.6) is 5.75 Å². The second-order valence-corrected chi connectivity index (χ2v) is 10.1. The zero-order valence-electron chi connectivity index (χ0n) is 21.9. The highest BCUT2D eigenvalue weighted by Gasteiger charge is 2.24. The number of halogens is 1. The lowest BCUT2D eigenvalue weighted by Crippen LogP contribution is -2.37. The van der Waals surface area contributed by atoms with E-state index >= 15 is 0 Å². The van der Waals surface area contributed by atoms with Gasteiger partial charge in [-0.2, -0.15) is 4.98 Å². The van der Waals surface area contributed by atoms with Crippen LogP contribution < -0.4 is 9.64 Å². The molecule has 0 bridgehead atoms. The number of piperidine rings is 1. The van der Waals surface area contributed by atoms with E-state index in [2.05, 4.69) is 20.0 Å². The number of benzene rings is 1. The third kappa shape index (κ3) is 6.30. The van der Waals surface area contributed by atoms with Gasteiger partial charge in [0.2, 0.25) is 5.91 Å². The quantitative estimate of drug-likeness (QED) is 0.390. The van der Waals surface area contributed by atoms with Gasteiger partial charge < -0.3 is 23.8 Å². The second-order valence-electron chi connectivity index (χ2n) is 10.1. The van der Waals surface area contributed by atoms with Crippen LogP contribution in [-0.2, 0) is 28.9 Å². The fourth-order valence-corrected chi connectivity index (χ4v) is 4.80. The molecule has 9 nitrogen and oxygen atoms in total. The average molecular weight is 524 g/mol. The zero-order chi connectivity index (χ0) is 26.5. The lowest BCUT2D eigenvalue weighted by Gasteiger charge is -2.30. The fourth-order valence-electron chi connectivity index (χ4n) is 4.80. The lowest BCUT2D eigenvalue weighted by molar-refractivity contribution is -0.131. The summed E-state index contributed by atoms with van der Waals surface area (Å²) < 4.78 is 31.8. The van der Waals surface area contributed by atoms with Crippen LogP contribution in [0.3, 0.4) is 0 Å². The van der Waals surface area contributed by atoms with Crippen LogP contribution in [0.2, 0.25) is 0 Å². The molecular weight excluding hydrogens is 489 g/mol. The molecule has 10 heteroatoms. The molecule has 2 aliphatic heterocycles. The highest BCUT2D eigenvalue weighted by atomic mass is 19.1. The Morgan fingerprint density at radius 3 is 2.76 bits per heavy atom. The van der Waals surface area contributed by atoms with Gasteiger partial charge in [0.25, 0.3) is 0 Å². The number of nitrogens with zero attached hydrogens (tertiary/aromatic N) is 5. The van der Waals surface area contributed by atoms with Gasteiger partial charge in [0.1, 0.15) is 18.2 Å². The van der Waals surface area contributed by atoms with E-state index in [9.17, 15) is 9.18 Å². The zero-order valence-corrected chi connectivity index (χ0v) is 21.9. The number of aromatic nitrogens is 3. The molecule has 1 aromatic carbocycles. The largest absolute Gasteiger partial charge is 0.491 e.